The van der Waals surface area contributed by atoms with Crippen molar-refractivity contribution in [2.45, 2.75) is 24.4 Å². The van der Waals surface area contributed by atoms with Crippen LogP contribution in [0, 0.1) is 0 Å². The fourth-order valence-corrected chi connectivity index (χ4v) is 6.07. The van der Waals surface area contributed by atoms with Crippen LogP contribution in [0.5, 0.6) is 0 Å². The monoisotopic (exact) mass is 367 g/mol. The van der Waals surface area contributed by atoms with E-state index < -0.39 is 10.0 Å². The standard InChI is InChI=1S/C11H18BrN3O2S2/c1-8-7-15(4-3-14(8)2)19(16,17)10-5-9(6-13)18-11(10)12/h5,8H,3-4,6-7,13H2,1-2H3. The van der Waals surface area contributed by atoms with Gasteiger partial charge < -0.3 is 10.6 Å². The largest absolute Gasteiger partial charge is 0.326 e. The van der Waals surface area contributed by atoms with Gasteiger partial charge in [0.15, 0.2) is 0 Å². The van der Waals surface area contributed by atoms with Crippen LogP contribution in [-0.2, 0) is 16.6 Å². The summed E-state index contributed by atoms with van der Waals surface area (Å²) in [6.07, 6.45) is 0. The highest BCUT2D eigenvalue weighted by Crippen LogP contribution is 2.33. The molecule has 5 nitrogen and oxygen atoms in total. The Labute approximate surface area is 126 Å². The van der Waals surface area contributed by atoms with Crippen LogP contribution in [0.25, 0.3) is 0 Å². The Morgan fingerprint density at radius 1 is 1.53 bits per heavy atom. The molecule has 1 unspecified atom stereocenters. The molecular weight excluding hydrogens is 350 g/mol. The van der Waals surface area contributed by atoms with E-state index in [-0.39, 0.29) is 6.04 Å². The number of hydrogen-bond acceptors (Lipinski definition) is 5. The summed E-state index contributed by atoms with van der Waals surface area (Å²) in [7, 11) is -1.41. The lowest BCUT2D eigenvalue weighted by Crippen LogP contribution is -2.51. The van der Waals surface area contributed by atoms with Crippen LogP contribution in [0.2, 0.25) is 0 Å². The summed E-state index contributed by atoms with van der Waals surface area (Å²) in [5.74, 6) is 0. The van der Waals surface area contributed by atoms with Crippen LogP contribution in [0.4, 0.5) is 0 Å². The predicted octanol–water partition coefficient (Wildman–Crippen LogP) is 1.29. The van der Waals surface area contributed by atoms with Crippen molar-refractivity contribution in [3.05, 3.63) is 14.7 Å². The van der Waals surface area contributed by atoms with Crippen molar-refractivity contribution >= 4 is 37.3 Å². The van der Waals surface area contributed by atoms with E-state index in [2.05, 4.69) is 20.8 Å². The molecular formula is C11H18BrN3O2S2. The lowest BCUT2D eigenvalue weighted by molar-refractivity contribution is 0.159. The molecule has 1 aliphatic rings. The van der Waals surface area contributed by atoms with Gasteiger partial charge in [0.25, 0.3) is 0 Å². The first-order valence-electron chi connectivity index (χ1n) is 6.05. The zero-order valence-electron chi connectivity index (χ0n) is 11.0. The molecule has 1 fully saturated rings. The quantitative estimate of drug-likeness (QED) is 0.873. The minimum absolute atomic E-state index is 0.231. The first-order valence-corrected chi connectivity index (χ1v) is 9.10. The van der Waals surface area contributed by atoms with Crippen molar-refractivity contribution in [1.82, 2.24) is 9.21 Å². The van der Waals surface area contributed by atoms with E-state index in [4.69, 9.17) is 5.73 Å². The summed E-state index contributed by atoms with van der Waals surface area (Å²) in [4.78, 5) is 3.38. The Kier molecular flexibility index (Phi) is 4.69. The van der Waals surface area contributed by atoms with Crippen LogP contribution < -0.4 is 5.73 Å². The van der Waals surface area contributed by atoms with Crippen molar-refractivity contribution in [2.24, 2.45) is 5.73 Å². The molecule has 1 atom stereocenters. The molecule has 1 saturated heterocycles. The molecule has 1 aromatic heterocycles. The molecule has 0 spiro atoms. The van der Waals surface area contributed by atoms with Crippen molar-refractivity contribution in [1.29, 1.82) is 0 Å². The van der Waals surface area contributed by atoms with Gasteiger partial charge in [0.05, 0.1) is 3.79 Å². The van der Waals surface area contributed by atoms with Gasteiger partial charge in [-0.25, -0.2) is 8.42 Å². The Bertz CT molecular complexity index is 558. The van der Waals surface area contributed by atoms with Gasteiger partial charge in [-0.3, -0.25) is 0 Å². The fourth-order valence-electron chi connectivity index (χ4n) is 2.05. The van der Waals surface area contributed by atoms with E-state index in [9.17, 15) is 8.42 Å². The summed E-state index contributed by atoms with van der Waals surface area (Å²) in [6.45, 7) is 4.21. The maximum absolute atomic E-state index is 12.6. The second-order valence-corrected chi connectivity index (χ2v) is 9.11. The number of nitrogens with two attached hydrogens (primary N) is 1. The molecule has 8 heteroatoms. The minimum atomic E-state index is -3.42. The zero-order valence-corrected chi connectivity index (χ0v) is 14.2. The van der Waals surface area contributed by atoms with Crippen molar-refractivity contribution in [2.75, 3.05) is 26.7 Å². The number of thiophene rings is 1. The lowest BCUT2D eigenvalue weighted by Gasteiger charge is -2.36. The highest BCUT2D eigenvalue weighted by atomic mass is 79.9. The van der Waals surface area contributed by atoms with E-state index in [1.54, 1.807) is 10.4 Å². The van der Waals surface area contributed by atoms with Gasteiger partial charge in [0.1, 0.15) is 4.90 Å². The Morgan fingerprint density at radius 3 is 2.74 bits per heavy atom. The second-order valence-electron chi connectivity index (χ2n) is 4.75. The lowest BCUT2D eigenvalue weighted by atomic mass is 10.2. The Hall–Kier alpha value is 0.01000. The van der Waals surface area contributed by atoms with Gasteiger partial charge >= 0.3 is 0 Å². The molecule has 0 amide bonds. The van der Waals surface area contributed by atoms with Gasteiger partial charge in [-0.2, -0.15) is 4.31 Å². The molecule has 0 bridgehead atoms. The van der Waals surface area contributed by atoms with E-state index in [1.807, 2.05) is 14.0 Å². The van der Waals surface area contributed by atoms with Crippen LogP contribution >= 0.6 is 27.3 Å². The number of halogens is 1. The predicted molar refractivity (Wildman–Crippen MR) is 80.8 cm³/mol. The molecule has 0 radical (unpaired) electrons. The third kappa shape index (κ3) is 3.03. The summed E-state index contributed by atoms with van der Waals surface area (Å²) in [5.41, 5.74) is 5.57. The maximum atomic E-state index is 12.6. The topological polar surface area (TPSA) is 66.6 Å². The van der Waals surface area contributed by atoms with Gasteiger partial charge in [-0.1, -0.05) is 0 Å². The molecule has 1 aliphatic heterocycles. The van der Waals surface area contributed by atoms with E-state index in [0.29, 0.717) is 28.3 Å². The van der Waals surface area contributed by atoms with Crippen molar-refractivity contribution < 1.29 is 8.42 Å². The number of likely N-dealkylation sites (N-methyl/N-ethyl adjacent to an activating group) is 1. The summed E-state index contributed by atoms with van der Waals surface area (Å²) in [5, 5.41) is 0. The van der Waals surface area contributed by atoms with Crippen molar-refractivity contribution in [3.8, 4) is 0 Å². The summed E-state index contributed by atoms with van der Waals surface area (Å²) in [6, 6.07) is 1.91. The second kappa shape index (κ2) is 5.79. The molecule has 2 rings (SSSR count). The van der Waals surface area contributed by atoms with E-state index in [0.717, 1.165) is 11.4 Å². The number of rotatable bonds is 3. The first-order chi connectivity index (χ1) is 8.86. The van der Waals surface area contributed by atoms with Crippen LogP contribution in [0.1, 0.15) is 11.8 Å². The molecule has 0 saturated carbocycles. The molecule has 2 N–H and O–H groups in total. The highest BCUT2D eigenvalue weighted by molar-refractivity contribution is 9.11. The van der Waals surface area contributed by atoms with Crippen LogP contribution in [-0.4, -0.2) is 50.3 Å². The minimum Gasteiger partial charge on any atom is -0.326 e. The fraction of sp³-hybridized carbons (Fsp3) is 0.636. The molecule has 108 valence electrons. The van der Waals surface area contributed by atoms with Crippen LogP contribution in [0.15, 0.2) is 14.7 Å². The first kappa shape index (κ1) is 15.4. The van der Waals surface area contributed by atoms with Gasteiger partial charge in [0.2, 0.25) is 10.0 Å². The number of sulfonamides is 1. The molecule has 0 aromatic carbocycles. The van der Waals surface area contributed by atoms with Gasteiger partial charge in [-0.15, -0.1) is 11.3 Å². The number of nitrogens with zero attached hydrogens (tertiary/aromatic N) is 2. The summed E-state index contributed by atoms with van der Waals surface area (Å²) >= 11 is 4.72. The number of piperazine rings is 1. The third-order valence-electron chi connectivity index (χ3n) is 3.45. The molecule has 19 heavy (non-hydrogen) atoms. The average molecular weight is 368 g/mol. The normalized spacial score (nSPS) is 22.8. The van der Waals surface area contributed by atoms with E-state index >= 15 is 0 Å². The zero-order chi connectivity index (χ0) is 14.2. The van der Waals surface area contributed by atoms with Crippen LogP contribution in [0.3, 0.4) is 0 Å². The Morgan fingerprint density at radius 2 is 2.21 bits per heavy atom. The maximum Gasteiger partial charge on any atom is 0.245 e. The smallest absolute Gasteiger partial charge is 0.245 e. The molecule has 2 heterocycles. The van der Waals surface area contributed by atoms with Gasteiger partial charge in [0, 0.05) is 37.1 Å². The SMILES string of the molecule is CC1CN(S(=O)(=O)c2cc(CN)sc2Br)CCN1C. The third-order valence-corrected chi connectivity index (χ3v) is 7.59. The van der Waals surface area contributed by atoms with Crippen molar-refractivity contribution in [3.63, 3.8) is 0 Å². The molecule has 1 aromatic rings. The van der Waals surface area contributed by atoms with E-state index in [1.165, 1.54) is 11.3 Å². The average Bonchev–Trinajstić information content (AvgIpc) is 2.74. The van der Waals surface area contributed by atoms with Gasteiger partial charge in [-0.05, 0) is 36.0 Å². The summed E-state index contributed by atoms with van der Waals surface area (Å²) < 4.78 is 27.5. The highest BCUT2D eigenvalue weighted by Gasteiger charge is 2.32. The molecule has 0 aliphatic carbocycles. The number of hydrogen-bond donors (Lipinski definition) is 1. The Balaban J connectivity index is 2.29.